The quantitative estimate of drug-likeness (QED) is 0.305. The summed E-state index contributed by atoms with van der Waals surface area (Å²) < 4.78 is 0. The Labute approximate surface area is 222 Å². The van der Waals surface area contributed by atoms with E-state index in [-0.39, 0.29) is 11.1 Å². The van der Waals surface area contributed by atoms with Gasteiger partial charge < -0.3 is 25.7 Å². The van der Waals surface area contributed by atoms with E-state index < -0.39 is 36.4 Å². The first kappa shape index (κ1) is 30.8. The molecule has 0 bridgehead atoms. The predicted octanol–water partition coefficient (Wildman–Crippen LogP) is 2.54. The number of piperidine rings is 1. The normalized spacial score (nSPS) is 16.8. The molecule has 1 saturated heterocycles. The van der Waals surface area contributed by atoms with Crippen molar-refractivity contribution in [1.82, 2.24) is 20.2 Å². The third kappa shape index (κ3) is 10.2. The number of carboxylic acids is 3. The van der Waals surface area contributed by atoms with E-state index in [4.69, 9.17) is 20.4 Å². The fourth-order valence-corrected chi connectivity index (χ4v) is 4.98. The Morgan fingerprint density at radius 1 is 0.921 bits per heavy atom. The molecule has 0 aromatic carbocycles. The molecule has 2 aromatic heterocycles. The van der Waals surface area contributed by atoms with Crippen LogP contribution in [0.15, 0.2) is 48.9 Å². The number of hydrogen-bond acceptors (Lipinski definition) is 8. The maximum absolute atomic E-state index is 10.3. The van der Waals surface area contributed by atoms with Gasteiger partial charge >= 0.3 is 17.9 Å². The average molecular weight is 531 g/mol. The van der Waals surface area contributed by atoms with E-state index in [2.05, 4.69) is 72.1 Å². The van der Waals surface area contributed by atoms with Crippen molar-refractivity contribution >= 4 is 17.9 Å². The number of carboxylic acid groups (broad SMARTS) is 3. The van der Waals surface area contributed by atoms with Gasteiger partial charge in [0, 0.05) is 48.8 Å². The summed E-state index contributed by atoms with van der Waals surface area (Å²) in [5, 5.41) is 37.6. The maximum atomic E-state index is 10.3. The molecule has 0 amide bonds. The number of aliphatic carboxylic acids is 3. The lowest BCUT2D eigenvalue weighted by Gasteiger charge is -2.49. The number of pyridine rings is 2. The summed E-state index contributed by atoms with van der Waals surface area (Å²) >= 11 is 0. The summed E-state index contributed by atoms with van der Waals surface area (Å²) in [6.07, 6.45) is 5.62. The Morgan fingerprint density at radius 2 is 1.47 bits per heavy atom. The largest absolute Gasteiger partial charge is 0.481 e. The van der Waals surface area contributed by atoms with Gasteiger partial charge in [0.15, 0.2) is 5.60 Å². The summed E-state index contributed by atoms with van der Waals surface area (Å²) in [6, 6.07) is 10.9. The highest BCUT2D eigenvalue weighted by atomic mass is 16.4. The molecule has 0 saturated carbocycles. The molecule has 1 aliphatic heterocycles. The van der Waals surface area contributed by atoms with Gasteiger partial charge in [0.1, 0.15) is 0 Å². The van der Waals surface area contributed by atoms with E-state index in [0.29, 0.717) is 6.04 Å². The number of carbonyl (C=O) groups is 3. The molecule has 2 aromatic rings. The van der Waals surface area contributed by atoms with E-state index in [9.17, 15) is 14.4 Å². The summed E-state index contributed by atoms with van der Waals surface area (Å²) in [5.74, 6) is -5.02. The second-order valence-electron chi connectivity index (χ2n) is 11.0. The smallest absolute Gasteiger partial charge is 0.336 e. The van der Waals surface area contributed by atoms with Crippen LogP contribution in [0.2, 0.25) is 0 Å². The lowest BCUT2D eigenvalue weighted by Crippen LogP contribution is -2.62. The van der Waals surface area contributed by atoms with Crippen LogP contribution in [0, 0.1) is 0 Å². The SMILES string of the molecule is CC1(C)CC(N(Cc2ccncc2)Cc2ccccn2)CC(C)(C)N1.O=C(O)CC(O)(CC(=O)O)C(=O)O. The van der Waals surface area contributed by atoms with Crippen LogP contribution < -0.4 is 5.32 Å². The van der Waals surface area contributed by atoms with Gasteiger partial charge in [-0.1, -0.05) is 6.07 Å². The molecule has 1 aliphatic rings. The lowest BCUT2D eigenvalue weighted by atomic mass is 9.79. The van der Waals surface area contributed by atoms with Crippen molar-refractivity contribution in [2.75, 3.05) is 0 Å². The minimum atomic E-state index is -2.74. The number of aliphatic hydroxyl groups is 1. The molecule has 0 spiro atoms. The molecule has 38 heavy (non-hydrogen) atoms. The Bertz CT molecular complexity index is 1000. The minimum absolute atomic E-state index is 0.132. The molecular weight excluding hydrogens is 492 g/mol. The number of nitrogens with zero attached hydrogens (tertiary/aromatic N) is 3. The summed E-state index contributed by atoms with van der Waals surface area (Å²) in [6.45, 7) is 11.0. The van der Waals surface area contributed by atoms with Crippen molar-refractivity contribution in [3.8, 4) is 0 Å². The first-order valence-electron chi connectivity index (χ1n) is 12.3. The Morgan fingerprint density at radius 3 is 1.92 bits per heavy atom. The van der Waals surface area contributed by atoms with Crippen LogP contribution in [-0.4, -0.2) is 75.9 Å². The number of rotatable bonds is 10. The van der Waals surface area contributed by atoms with Crippen molar-refractivity contribution in [2.45, 2.75) is 89.2 Å². The lowest BCUT2D eigenvalue weighted by molar-refractivity contribution is -0.170. The molecule has 1 fully saturated rings. The highest BCUT2D eigenvalue weighted by molar-refractivity contribution is 5.88. The predicted molar refractivity (Wildman–Crippen MR) is 139 cm³/mol. The standard InChI is InChI=1S/C21H30N4.C6H8O7/c1-20(2)13-19(14-21(3,4)24-20)25(15-17-8-11-22-12-9-17)16-18-7-5-6-10-23-18;7-3(8)1-6(13,5(11)12)2-4(9)10/h5-12,19,24H,13-16H2,1-4H3;13H,1-2H2,(H,7,8)(H,9,10)(H,11,12). The van der Waals surface area contributed by atoms with Crippen LogP contribution in [0.25, 0.3) is 0 Å². The molecule has 3 rings (SSSR count). The van der Waals surface area contributed by atoms with Crippen LogP contribution in [0.3, 0.4) is 0 Å². The van der Waals surface area contributed by atoms with Gasteiger partial charge in [-0.15, -0.1) is 0 Å². The topological polar surface area (TPSA) is 173 Å². The summed E-state index contributed by atoms with van der Waals surface area (Å²) in [5.41, 5.74) is -0.0386. The second kappa shape index (κ2) is 12.9. The molecule has 0 aliphatic carbocycles. The molecule has 5 N–H and O–H groups in total. The molecule has 11 heteroatoms. The fraction of sp³-hybridized carbons (Fsp3) is 0.519. The maximum Gasteiger partial charge on any atom is 0.336 e. The zero-order valence-corrected chi connectivity index (χ0v) is 22.3. The Balaban J connectivity index is 0.000000332. The molecule has 0 atom stereocenters. The van der Waals surface area contributed by atoms with Crippen molar-refractivity contribution in [1.29, 1.82) is 0 Å². The van der Waals surface area contributed by atoms with Crippen molar-refractivity contribution in [2.24, 2.45) is 0 Å². The van der Waals surface area contributed by atoms with Gasteiger partial charge in [-0.25, -0.2) is 4.79 Å². The van der Waals surface area contributed by atoms with Crippen molar-refractivity contribution < 1.29 is 34.8 Å². The van der Waals surface area contributed by atoms with E-state index in [0.717, 1.165) is 31.6 Å². The molecule has 208 valence electrons. The van der Waals surface area contributed by atoms with E-state index in [1.165, 1.54) is 5.56 Å². The van der Waals surface area contributed by atoms with Crippen LogP contribution in [0.1, 0.15) is 64.6 Å². The third-order valence-electron chi connectivity index (χ3n) is 6.20. The number of hydrogen-bond donors (Lipinski definition) is 5. The molecule has 0 radical (unpaired) electrons. The van der Waals surface area contributed by atoms with Crippen molar-refractivity contribution in [3.05, 3.63) is 60.2 Å². The molecular formula is C27H38N4O7. The number of aromatic nitrogens is 2. The number of nitrogens with one attached hydrogen (secondary N) is 1. The van der Waals surface area contributed by atoms with Crippen LogP contribution in [-0.2, 0) is 27.5 Å². The summed E-state index contributed by atoms with van der Waals surface area (Å²) in [7, 11) is 0. The first-order chi connectivity index (χ1) is 17.6. The summed E-state index contributed by atoms with van der Waals surface area (Å²) in [4.78, 5) is 41.8. The minimum Gasteiger partial charge on any atom is -0.481 e. The van der Waals surface area contributed by atoms with Gasteiger partial charge in [-0.05, 0) is 70.4 Å². The monoisotopic (exact) mass is 530 g/mol. The highest BCUT2D eigenvalue weighted by Crippen LogP contribution is 2.33. The van der Waals surface area contributed by atoms with Crippen LogP contribution in [0.5, 0.6) is 0 Å². The molecule has 0 unspecified atom stereocenters. The second-order valence-corrected chi connectivity index (χ2v) is 11.0. The van der Waals surface area contributed by atoms with Gasteiger partial charge in [0.2, 0.25) is 0 Å². The highest BCUT2D eigenvalue weighted by Gasteiger charge is 2.41. The zero-order valence-electron chi connectivity index (χ0n) is 22.3. The molecule has 3 heterocycles. The van der Waals surface area contributed by atoms with Gasteiger partial charge in [0.25, 0.3) is 0 Å². The Hall–Kier alpha value is -3.41. The van der Waals surface area contributed by atoms with E-state index in [1.807, 2.05) is 24.7 Å². The molecule has 11 nitrogen and oxygen atoms in total. The van der Waals surface area contributed by atoms with E-state index >= 15 is 0 Å². The van der Waals surface area contributed by atoms with Gasteiger partial charge in [0.05, 0.1) is 18.5 Å². The zero-order chi connectivity index (χ0) is 28.6. The average Bonchev–Trinajstić information content (AvgIpc) is 2.77. The van der Waals surface area contributed by atoms with Gasteiger partial charge in [-0.2, -0.15) is 0 Å². The third-order valence-corrected chi connectivity index (χ3v) is 6.20. The first-order valence-corrected chi connectivity index (χ1v) is 12.3. The van der Waals surface area contributed by atoms with Crippen LogP contribution in [0.4, 0.5) is 0 Å². The van der Waals surface area contributed by atoms with E-state index in [1.54, 1.807) is 0 Å². The van der Waals surface area contributed by atoms with Crippen molar-refractivity contribution in [3.63, 3.8) is 0 Å². The van der Waals surface area contributed by atoms with Gasteiger partial charge in [-0.3, -0.25) is 24.5 Å². The fourth-order valence-electron chi connectivity index (χ4n) is 4.98. The Kier molecular flexibility index (Phi) is 10.5. The van der Waals surface area contributed by atoms with Crippen LogP contribution >= 0.6 is 0 Å².